The van der Waals surface area contributed by atoms with Gasteiger partial charge in [-0.05, 0) is 25.1 Å². The topological polar surface area (TPSA) is 29.3 Å². The second-order valence-electron chi connectivity index (χ2n) is 5.14. The van der Waals surface area contributed by atoms with Crippen LogP contribution < -0.4 is 5.32 Å². The van der Waals surface area contributed by atoms with E-state index in [0.717, 1.165) is 24.4 Å². The summed E-state index contributed by atoms with van der Waals surface area (Å²) in [5.41, 5.74) is 2.15. The molecule has 0 unspecified atom stereocenters. The molecule has 0 bridgehead atoms. The van der Waals surface area contributed by atoms with Gasteiger partial charge in [-0.25, -0.2) is 4.98 Å². The zero-order chi connectivity index (χ0) is 13.3. The van der Waals surface area contributed by atoms with E-state index in [2.05, 4.69) is 27.8 Å². The molecule has 0 radical (unpaired) electrons. The smallest absolute Gasteiger partial charge is 0.137 e. The molecule has 0 spiro atoms. The minimum atomic E-state index is 0.872. The number of hydrogen-bond donors (Lipinski definition) is 1. The first-order valence-corrected chi connectivity index (χ1v) is 7.53. The predicted octanol–water partition coefficient (Wildman–Crippen LogP) is 3.78. The molecule has 0 aliphatic carbocycles. The summed E-state index contributed by atoms with van der Waals surface area (Å²) in [6.07, 6.45) is 12.2. The van der Waals surface area contributed by atoms with Gasteiger partial charge in [-0.15, -0.1) is 0 Å². The van der Waals surface area contributed by atoms with E-state index in [9.17, 15) is 0 Å². The number of aromatic nitrogens is 2. The number of nitrogens with one attached hydrogen (secondary N) is 1. The van der Waals surface area contributed by atoms with Crippen molar-refractivity contribution < 1.29 is 0 Å². The van der Waals surface area contributed by atoms with Crippen molar-refractivity contribution in [3.05, 3.63) is 36.3 Å². The number of unbranched alkanes of at least 4 members (excludes halogenated alkanes) is 5. The summed E-state index contributed by atoms with van der Waals surface area (Å²) in [4.78, 5) is 4.57. The molecule has 0 aliphatic rings. The van der Waals surface area contributed by atoms with Crippen molar-refractivity contribution in [3.8, 4) is 0 Å². The van der Waals surface area contributed by atoms with Crippen LogP contribution >= 0.6 is 0 Å². The van der Waals surface area contributed by atoms with Crippen molar-refractivity contribution in [2.24, 2.45) is 0 Å². The van der Waals surface area contributed by atoms with Crippen molar-refractivity contribution in [1.82, 2.24) is 14.7 Å². The number of rotatable bonds is 9. The second-order valence-corrected chi connectivity index (χ2v) is 5.14. The van der Waals surface area contributed by atoms with Gasteiger partial charge in [0.05, 0.1) is 5.69 Å². The lowest BCUT2D eigenvalue weighted by atomic mass is 10.1. The van der Waals surface area contributed by atoms with Gasteiger partial charge in [0, 0.05) is 18.9 Å². The summed E-state index contributed by atoms with van der Waals surface area (Å²) >= 11 is 0. The summed E-state index contributed by atoms with van der Waals surface area (Å²) in [6.45, 7) is 4.23. The lowest BCUT2D eigenvalue weighted by Crippen LogP contribution is -2.14. The third kappa shape index (κ3) is 4.67. The number of fused-ring (bicyclic) bond motifs is 1. The zero-order valence-electron chi connectivity index (χ0n) is 11.9. The molecule has 3 heteroatoms. The quantitative estimate of drug-likeness (QED) is 0.694. The van der Waals surface area contributed by atoms with Gasteiger partial charge in [0.1, 0.15) is 5.65 Å². The Morgan fingerprint density at radius 1 is 1.11 bits per heavy atom. The molecule has 0 saturated heterocycles. The fourth-order valence-corrected chi connectivity index (χ4v) is 2.32. The zero-order valence-corrected chi connectivity index (χ0v) is 11.9. The van der Waals surface area contributed by atoms with Crippen LogP contribution in [0.25, 0.3) is 5.65 Å². The van der Waals surface area contributed by atoms with Crippen molar-refractivity contribution in [3.63, 3.8) is 0 Å². The van der Waals surface area contributed by atoms with Gasteiger partial charge in [0.25, 0.3) is 0 Å². The van der Waals surface area contributed by atoms with Crippen LogP contribution in [-0.4, -0.2) is 15.9 Å². The summed E-state index contributed by atoms with van der Waals surface area (Å²) in [5.74, 6) is 0. The van der Waals surface area contributed by atoms with E-state index in [1.54, 1.807) is 0 Å². The fourth-order valence-electron chi connectivity index (χ4n) is 2.32. The molecule has 0 fully saturated rings. The van der Waals surface area contributed by atoms with Crippen LogP contribution in [0.5, 0.6) is 0 Å². The van der Waals surface area contributed by atoms with Crippen LogP contribution in [-0.2, 0) is 6.54 Å². The fraction of sp³-hybridized carbons (Fsp3) is 0.562. The van der Waals surface area contributed by atoms with Gasteiger partial charge < -0.3 is 9.72 Å². The molecule has 2 rings (SSSR count). The van der Waals surface area contributed by atoms with E-state index in [1.807, 2.05) is 24.4 Å². The lowest BCUT2D eigenvalue weighted by molar-refractivity contribution is 0.570. The average molecular weight is 259 g/mol. The van der Waals surface area contributed by atoms with E-state index in [0.29, 0.717) is 0 Å². The van der Waals surface area contributed by atoms with E-state index >= 15 is 0 Å². The molecule has 0 amide bonds. The highest BCUT2D eigenvalue weighted by Crippen LogP contribution is 2.05. The summed E-state index contributed by atoms with van der Waals surface area (Å²) < 4.78 is 2.07. The van der Waals surface area contributed by atoms with Crippen molar-refractivity contribution in [2.45, 2.75) is 52.0 Å². The number of nitrogens with zero attached hydrogens (tertiary/aromatic N) is 2. The van der Waals surface area contributed by atoms with E-state index < -0.39 is 0 Å². The molecule has 2 heterocycles. The Hall–Kier alpha value is -1.35. The van der Waals surface area contributed by atoms with Gasteiger partial charge in [-0.2, -0.15) is 0 Å². The van der Waals surface area contributed by atoms with Crippen molar-refractivity contribution >= 4 is 5.65 Å². The first kappa shape index (κ1) is 14.1. The van der Waals surface area contributed by atoms with Crippen molar-refractivity contribution in [2.75, 3.05) is 6.54 Å². The Kier molecular flexibility index (Phi) is 5.89. The monoisotopic (exact) mass is 259 g/mol. The second kappa shape index (κ2) is 7.95. The van der Waals surface area contributed by atoms with E-state index in [-0.39, 0.29) is 0 Å². The molecule has 0 aromatic carbocycles. The Labute approximate surface area is 116 Å². The third-order valence-electron chi connectivity index (χ3n) is 3.43. The molecule has 0 atom stereocenters. The summed E-state index contributed by atoms with van der Waals surface area (Å²) in [6, 6.07) is 6.09. The van der Waals surface area contributed by atoms with E-state index in [4.69, 9.17) is 0 Å². The van der Waals surface area contributed by atoms with Gasteiger partial charge >= 0.3 is 0 Å². The van der Waals surface area contributed by atoms with Gasteiger partial charge in [-0.3, -0.25) is 0 Å². The molecule has 2 aromatic heterocycles. The Morgan fingerprint density at radius 3 is 2.79 bits per heavy atom. The maximum absolute atomic E-state index is 4.57. The number of pyridine rings is 1. The highest BCUT2D eigenvalue weighted by atomic mass is 15.0. The maximum Gasteiger partial charge on any atom is 0.137 e. The molecule has 1 N–H and O–H groups in total. The maximum atomic E-state index is 4.57. The minimum Gasteiger partial charge on any atom is -0.311 e. The highest BCUT2D eigenvalue weighted by molar-refractivity contribution is 5.39. The van der Waals surface area contributed by atoms with Crippen molar-refractivity contribution in [1.29, 1.82) is 0 Å². The molecule has 3 nitrogen and oxygen atoms in total. The molecule has 2 aromatic rings. The van der Waals surface area contributed by atoms with Crippen LogP contribution in [0.4, 0.5) is 0 Å². The highest BCUT2D eigenvalue weighted by Gasteiger charge is 1.99. The first-order chi connectivity index (χ1) is 9.40. The Morgan fingerprint density at radius 2 is 1.95 bits per heavy atom. The van der Waals surface area contributed by atoms with Crippen LogP contribution in [0.1, 0.15) is 51.1 Å². The van der Waals surface area contributed by atoms with Crippen LogP contribution in [0.3, 0.4) is 0 Å². The molecular weight excluding hydrogens is 234 g/mol. The molecule has 19 heavy (non-hydrogen) atoms. The van der Waals surface area contributed by atoms with Crippen LogP contribution in [0.15, 0.2) is 30.6 Å². The average Bonchev–Trinajstić information content (AvgIpc) is 2.84. The van der Waals surface area contributed by atoms with Gasteiger partial charge in [-0.1, -0.05) is 45.1 Å². The van der Waals surface area contributed by atoms with Gasteiger partial charge in [0.2, 0.25) is 0 Å². The van der Waals surface area contributed by atoms with E-state index in [1.165, 1.54) is 38.5 Å². The summed E-state index contributed by atoms with van der Waals surface area (Å²) in [7, 11) is 0. The predicted molar refractivity (Wildman–Crippen MR) is 80.3 cm³/mol. The van der Waals surface area contributed by atoms with Crippen LogP contribution in [0, 0.1) is 0 Å². The normalized spacial score (nSPS) is 11.2. The molecule has 0 aliphatic heterocycles. The molecule has 104 valence electrons. The van der Waals surface area contributed by atoms with Crippen LogP contribution in [0.2, 0.25) is 0 Å². The largest absolute Gasteiger partial charge is 0.311 e. The third-order valence-corrected chi connectivity index (χ3v) is 3.43. The molecular formula is C16H25N3. The standard InChI is InChI=1S/C16H25N3/c1-2-3-4-5-6-8-11-17-13-15-14-19-12-9-7-10-16(19)18-15/h7,9-10,12,14,17H,2-6,8,11,13H2,1H3. The minimum absolute atomic E-state index is 0.872. The SMILES string of the molecule is CCCCCCCCNCc1cn2ccccc2n1. The number of hydrogen-bond acceptors (Lipinski definition) is 2. The Balaban J connectivity index is 1.60. The lowest BCUT2D eigenvalue weighted by Gasteiger charge is -2.02. The Bertz CT molecular complexity index is 443. The molecule has 0 saturated carbocycles. The number of imidazole rings is 1. The van der Waals surface area contributed by atoms with Gasteiger partial charge in [0.15, 0.2) is 0 Å². The summed E-state index contributed by atoms with van der Waals surface area (Å²) in [5, 5.41) is 3.48. The first-order valence-electron chi connectivity index (χ1n) is 7.53.